The maximum atomic E-state index is 14.6. The smallest absolute Gasteiger partial charge is 0.257 e. The van der Waals surface area contributed by atoms with Gasteiger partial charge in [-0.25, -0.2) is 4.39 Å². The minimum Gasteiger partial charge on any atom is -0.368 e. The number of rotatable bonds is 6. The van der Waals surface area contributed by atoms with Gasteiger partial charge >= 0.3 is 0 Å². The molecule has 1 heterocycles. The zero-order valence-corrected chi connectivity index (χ0v) is 18.3. The van der Waals surface area contributed by atoms with E-state index < -0.39 is 23.8 Å². The molecule has 2 atom stereocenters. The molecular weight excluding hydrogens is 429 g/mol. The van der Waals surface area contributed by atoms with Crippen LogP contribution in [0.15, 0.2) is 60.8 Å². The largest absolute Gasteiger partial charge is 0.368 e. The maximum Gasteiger partial charge on any atom is 0.257 e. The van der Waals surface area contributed by atoms with Crippen molar-refractivity contribution in [2.24, 2.45) is 5.73 Å². The van der Waals surface area contributed by atoms with E-state index in [4.69, 9.17) is 17.3 Å². The molecule has 0 saturated carbocycles. The molecule has 2 N–H and O–H groups in total. The summed E-state index contributed by atoms with van der Waals surface area (Å²) in [5.41, 5.74) is 8.57. The monoisotopic (exact) mass is 451 g/mol. The topological polar surface area (TPSA) is 76.3 Å². The normalized spacial score (nSPS) is 15.8. The number of halogens is 2. The van der Waals surface area contributed by atoms with Crippen molar-refractivity contribution in [1.82, 2.24) is 9.88 Å². The average Bonchev–Trinajstić information content (AvgIpc) is 3.20. The van der Waals surface area contributed by atoms with E-state index in [1.807, 2.05) is 13.0 Å². The average molecular weight is 452 g/mol. The third kappa shape index (κ3) is 3.98. The number of amides is 2. The van der Waals surface area contributed by atoms with E-state index in [-0.39, 0.29) is 10.9 Å². The molecule has 0 saturated heterocycles. The number of fused-ring (bicyclic) bond motifs is 1. The molecule has 0 unspecified atom stereocenters. The zero-order chi connectivity index (χ0) is 22.8. The van der Waals surface area contributed by atoms with E-state index in [1.54, 1.807) is 48.7 Å². The van der Waals surface area contributed by atoms with Gasteiger partial charge in [-0.05, 0) is 60.2 Å². The Labute approximate surface area is 191 Å². The van der Waals surface area contributed by atoms with Crippen molar-refractivity contribution < 1.29 is 14.0 Å². The van der Waals surface area contributed by atoms with Crippen LogP contribution in [-0.2, 0) is 17.6 Å². The SMILES string of the molecule is CCc1ncccc1C(=O)N([C@@H]1CCc2c(F)cc(Cl)cc21)[C@@H](C(N)=O)c1ccccc1. The van der Waals surface area contributed by atoms with Gasteiger partial charge in [-0.1, -0.05) is 48.9 Å². The summed E-state index contributed by atoms with van der Waals surface area (Å²) < 4.78 is 14.6. The summed E-state index contributed by atoms with van der Waals surface area (Å²) in [4.78, 5) is 32.5. The number of nitrogens with zero attached hydrogens (tertiary/aromatic N) is 2. The van der Waals surface area contributed by atoms with Gasteiger partial charge in [0, 0.05) is 11.2 Å². The van der Waals surface area contributed by atoms with Gasteiger partial charge in [-0.15, -0.1) is 0 Å². The van der Waals surface area contributed by atoms with Crippen molar-refractivity contribution in [2.45, 2.75) is 38.3 Å². The van der Waals surface area contributed by atoms with Gasteiger partial charge in [0.05, 0.1) is 17.3 Å². The Morgan fingerprint density at radius 2 is 1.97 bits per heavy atom. The fourth-order valence-electron chi connectivity index (χ4n) is 4.50. The predicted molar refractivity (Wildman–Crippen MR) is 121 cm³/mol. The molecule has 5 nitrogen and oxygen atoms in total. The van der Waals surface area contributed by atoms with Gasteiger partial charge < -0.3 is 10.6 Å². The van der Waals surface area contributed by atoms with Gasteiger partial charge in [0.1, 0.15) is 11.9 Å². The fourth-order valence-corrected chi connectivity index (χ4v) is 4.71. The second-order valence-corrected chi connectivity index (χ2v) is 8.23. The number of aromatic nitrogens is 1. The lowest BCUT2D eigenvalue weighted by molar-refractivity contribution is -0.123. The van der Waals surface area contributed by atoms with Gasteiger partial charge in [0.25, 0.3) is 5.91 Å². The quantitative estimate of drug-likeness (QED) is 0.585. The summed E-state index contributed by atoms with van der Waals surface area (Å²) in [6.07, 6.45) is 3.06. The van der Waals surface area contributed by atoms with Crippen LogP contribution in [0.2, 0.25) is 5.02 Å². The minimum absolute atomic E-state index is 0.242. The summed E-state index contributed by atoms with van der Waals surface area (Å²) in [6, 6.07) is 13.6. The van der Waals surface area contributed by atoms with Crippen molar-refractivity contribution >= 4 is 23.4 Å². The number of pyridine rings is 1. The second kappa shape index (κ2) is 9.09. The molecule has 7 heteroatoms. The van der Waals surface area contributed by atoms with Crippen LogP contribution >= 0.6 is 11.6 Å². The molecule has 4 rings (SSSR count). The molecule has 0 radical (unpaired) electrons. The summed E-state index contributed by atoms with van der Waals surface area (Å²) in [5, 5.41) is 0.242. The summed E-state index contributed by atoms with van der Waals surface area (Å²) >= 11 is 6.16. The molecule has 2 amide bonds. The van der Waals surface area contributed by atoms with Gasteiger partial charge in [-0.3, -0.25) is 14.6 Å². The van der Waals surface area contributed by atoms with Crippen LogP contribution in [0.25, 0.3) is 0 Å². The van der Waals surface area contributed by atoms with Crippen LogP contribution in [-0.4, -0.2) is 21.7 Å². The number of nitrogens with two attached hydrogens (primary N) is 1. The highest BCUT2D eigenvalue weighted by Gasteiger charge is 2.40. The van der Waals surface area contributed by atoms with Crippen LogP contribution in [0.4, 0.5) is 4.39 Å². The number of carbonyl (C=O) groups excluding carboxylic acids is 2. The molecule has 1 aliphatic carbocycles. The Morgan fingerprint density at radius 3 is 2.66 bits per heavy atom. The molecule has 1 aromatic heterocycles. The van der Waals surface area contributed by atoms with Crippen LogP contribution < -0.4 is 5.73 Å². The van der Waals surface area contributed by atoms with Crippen molar-refractivity contribution in [2.75, 3.05) is 0 Å². The van der Waals surface area contributed by atoms with Crippen molar-refractivity contribution in [1.29, 1.82) is 0 Å². The number of primary amides is 1. The standard InChI is InChI=1S/C25H23ClFN3O2/c1-2-21-18(9-6-12-29-21)25(32)30(23(24(28)31)15-7-4-3-5-8-15)22-11-10-17-19(22)13-16(26)14-20(17)27/h3-9,12-14,22-23H,2,10-11H2,1H3,(H2,28,31)/t22-,23-/m1/s1. The highest BCUT2D eigenvalue weighted by Crippen LogP contribution is 2.43. The third-order valence-corrected chi connectivity index (χ3v) is 6.13. The predicted octanol–water partition coefficient (Wildman–Crippen LogP) is 4.79. The van der Waals surface area contributed by atoms with Crippen LogP contribution in [0.3, 0.4) is 0 Å². The lowest BCUT2D eigenvalue weighted by Gasteiger charge is -2.36. The highest BCUT2D eigenvalue weighted by molar-refractivity contribution is 6.30. The van der Waals surface area contributed by atoms with Gasteiger partial charge in [0.2, 0.25) is 5.91 Å². The van der Waals surface area contributed by atoms with E-state index in [2.05, 4.69) is 4.98 Å². The van der Waals surface area contributed by atoms with Crippen molar-refractivity contribution in [3.05, 3.63) is 99.6 Å². The first kappa shape index (κ1) is 22.0. The molecule has 2 aromatic carbocycles. The van der Waals surface area contributed by atoms with Crippen molar-refractivity contribution in [3.8, 4) is 0 Å². The molecule has 1 aliphatic rings. The number of hydrogen-bond donors (Lipinski definition) is 1. The second-order valence-electron chi connectivity index (χ2n) is 7.79. The van der Waals surface area contributed by atoms with E-state index in [0.717, 1.165) is 0 Å². The Morgan fingerprint density at radius 1 is 1.22 bits per heavy atom. The first-order chi connectivity index (χ1) is 15.4. The van der Waals surface area contributed by atoms with Crippen LogP contribution in [0.5, 0.6) is 0 Å². The number of carbonyl (C=O) groups is 2. The zero-order valence-electron chi connectivity index (χ0n) is 17.6. The Hall–Kier alpha value is -3.25. The third-order valence-electron chi connectivity index (χ3n) is 5.91. The Balaban J connectivity index is 1.91. The molecule has 0 spiro atoms. The number of benzene rings is 2. The first-order valence-corrected chi connectivity index (χ1v) is 10.9. The number of aryl methyl sites for hydroxylation is 1. The number of hydrogen-bond acceptors (Lipinski definition) is 3. The molecule has 32 heavy (non-hydrogen) atoms. The summed E-state index contributed by atoms with van der Waals surface area (Å²) in [6.45, 7) is 1.91. The van der Waals surface area contributed by atoms with E-state index in [1.165, 1.54) is 11.0 Å². The Bertz CT molecular complexity index is 1170. The van der Waals surface area contributed by atoms with Gasteiger partial charge in [-0.2, -0.15) is 0 Å². The first-order valence-electron chi connectivity index (χ1n) is 10.5. The van der Waals surface area contributed by atoms with Crippen LogP contribution in [0, 0.1) is 5.82 Å². The van der Waals surface area contributed by atoms with E-state index >= 15 is 0 Å². The fraction of sp³-hybridized carbons (Fsp3) is 0.240. The highest BCUT2D eigenvalue weighted by atomic mass is 35.5. The summed E-state index contributed by atoms with van der Waals surface area (Å²) in [7, 11) is 0. The molecule has 0 fully saturated rings. The molecule has 164 valence electrons. The molecule has 0 bridgehead atoms. The van der Waals surface area contributed by atoms with E-state index in [9.17, 15) is 14.0 Å². The molecule has 0 aliphatic heterocycles. The maximum absolute atomic E-state index is 14.6. The van der Waals surface area contributed by atoms with Crippen molar-refractivity contribution in [3.63, 3.8) is 0 Å². The van der Waals surface area contributed by atoms with E-state index in [0.29, 0.717) is 47.2 Å². The minimum atomic E-state index is -1.04. The molecular formula is C25H23ClFN3O2. The Kier molecular flexibility index (Phi) is 6.24. The van der Waals surface area contributed by atoms with Gasteiger partial charge in [0.15, 0.2) is 0 Å². The molecule has 3 aromatic rings. The lowest BCUT2D eigenvalue weighted by atomic mass is 9.97. The summed E-state index contributed by atoms with van der Waals surface area (Å²) in [5.74, 6) is -1.45. The van der Waals surface area contributed by atoms with Crippen LogP contribution in [0.1, 0.15) is 58.2 Å². The lowest BCUT2D eigenvalue weighted by Crippen LogP contribution is -2.43.